The number of rotatable bonds is 1. The molecule has 0 saturated heterocycles. The Labute approximate surface area is 83.4 Å². The molecule has 2 heterocycles. The Morgan fingerprint density at radius 1 is 1.46 bits per heavy atom. The average molecular weight is 234 g/mol. The lowest BCUT2D eigenvalue weighted by molar-refractivity contribution is 0.611. The van der Waals surface area contributed by atoms with E-state index in [0.29, 0.717) is 4.83 Å². The predicted molar refractivity (Wildman–Crippen MR) is 52.7 cm³/mol. The molecule has 0 bridgehead atoms. The second-order valence-electron chi connectivity index (χ2n) is 2.40. The molecule has 0 amide bonds. The molecule has 0 N–H and O–H groups in total. The Morgan fingerprint density at radius 3 is 2.85 bits per heavy atom. The van der Waals surface area contributed by atoms with Crippen molar-refractivity contribution < 1.29 is 8.42 Å². The van der Waals surface area contributed by atoms with Crippen molar-refractivity contribution in [2.45, 2.75) is 4.21 Å². The van der Waals surface area contributed by atoms with Gasteiger partial charge in [-0.1, -0.05) is 6.07 Å². The van der Waals surface area contributed by atoms with E-state index in [1.807, 2.05) is 0 Å². The molecule has 13 heavy (non-hydrogen) atoms. The topological polar surface area (TPSA) is 47.0 Å². The lowest BCUT2D eigenvalue weighted by Crippen LogP contribution is -1.83. The highest BCUT2D eigenvalue weighted by Gasteiger charge is 2.13. The maximum Gasteiger partial charge on any atom is 0.270 e. The zero-order chi connectivity index (χ0) is 9.47. The van der Waals surface area contributed by atoms with Gasteiger partial charge < -0.3 is 0 Å². The van der Waals surface area contributed by atoms with Crippen LogP contribution in [-0.2, 0) is 9.05 Å². The Morgan fingerprint density at radius 2 is 2.23 bits per heavy atom. The molecule has 2 aromatic heterocycles. The first-order valence-electron chi connectivity index (χ1n) is 3.36. The number of aromatic nitrogens is 1. The lowest BCUT2D eigenvalue weighted by atomic mass is 10.4. The molecule has 0 spiro atoms. The van der Waals surface area contributed by atoms with Gasteiger partial charge in [-0.2, -0.15) is 0 Å². The normalized spacial score (nSPS) is 12.1. The van der Waals surface area contributed by atoms with E-state index in [1.165, 1.54) is 6.07 Å². The molecule has 0 unspecified atom stereocenters. The fraction of sp³-hybridized carbons (Fsp3) is 0. The molecule has 3 nitrogen and oxygen atoms in total. The van der Waals surface area contributed by atoms with Crippen molar-refractivity contribution in [1.29, 1.82) is 0 Å². The smallest absolute Gasteiger partial charge is 0.245 e. The molecule has 0 fully saturated rings. The Kier molecular flexibility index (Phi) is 2.02. The molecule has 68 valence electrons. The second-order valence-corrected chi connectivity index (χ2v) is 6.22. The number of pyridine rings is 1. The van der Waals surface area contributed by atoms with Crippen molar-refractivity contribution in [2.24, 2.45) is 0 Å². The number of fused-ring (bicyclic) bond motifs is 1. The molecule has 0 saturated carbocycles. The Balaban J connectivity index is 2.77. The first kappa shape index (κ1) is 8.93. The number of halogens is 1. The van der Waals surface area contributed by atoms with Crippen LogP contribution < -0.4 is 0 Å². The predicted octanol–water partition coefficient (Wildman–Crippen LogP) is 2.22. The van der Waals surface area contributed by atoms with Crippen molar-refractivity contribution in [3.8, 4) is 0 Å². The molecule has 2 aromatic rings. The van der Waals surface area contributed by atoms with E-state index in [2.05, 4.69) is 4.98 Å². The van der Waals surface area contributed by atoms with Crippen LogP contribution in [0.4, 0.5) is 0 Å². The molecular weight excluding hydrogens is 230 g/mol. The number of hydrogen-bond donors (Lipinski definition) is 0. The van der Waals surface area contributed by atoms with E-state index in [0.717, 1.165) is 16.7 Å². The summed E-state index contributed by atoms with van der Waals surface area (Å²) >= 11 is 1.07. The monoisotopic (exact) mass is 233 g/mol. The van der Waals surface area contributed by atoms with Gasteiger partial charge in [0.2, 0.25) is 0 Å². The molecule has 0 radical (unpaired) electrons. The van der Waals surface area contributed by atoms with Crippen molar-refractivity contribution in [1.82, 2.24) is 4.98 Å². The van der Waals surface area contributed by atoms with Crippen LogP contribution in [0.5, 0.6) is 0 Å². The molecule has 0 aliphatic carbocycles. The molecule has 0 aliphatic rings. The SMILES string of the molecule is O=S(=O)(Cl)c1cc2cccnc2s1. The molecule has 6 heteroatoms. The summed E-state index contributed by atoms with van der Waals surface area (Å²) in [6.07, 6.45) is 1.61. The minimum atomic E-state index is -3.61. The number of hydrogen-bond acceptors (Lipinski definition) is 4. The summed E-state index contributed by atoms with van der Waals surface area (Å²) in [5.74, 6) is 0. The first-order chi connectivity index (χ1) is 6.07. The minimum Gasteiger partial charge on any atom is -0.245 e. The summed E-state index contributed by atoms with van der Waals surface area (Å²) in [5, 5.41) is 0.798. The summed E-state index contributed by atoms with van der Waals surface area (Å²) in [7, 11) is 1.57. The molecule has 0 atom stereocenters. The van der Waals surface area contributed by atoms with Gasteiger partial charge in [0.15, 0.2) is 0 Å². The van der Waals surface area contributed by atoms with Crippen molar-refractivity contribution >= 4 is 41.3 Å². The van der Waals surface area contributed by atoms with Crippen LogP contribution in [0, 0.1) is 0 Å². The Bertz CT molecular complexity index is 513. The van der Waals surface area contributed by atoms with Gasteiger partial charge in [-0.25, -0.2) is 13.4 Å². The van der Waals surface area contributed by atoms with E-state index in [-0.39, 0.29) is 4.21 Å². The average Bonchev–Trinajstić information content (AvgIpc) is 2.45. The highest BCUT2D eigenvalue weighted by Crippen LogP contribution is 2.29. The van der Waals surface area contributed by atoms with E-state index < -0.39 is 9.05 Å². The van der Waals surface area contributed by atoms with E-state index in [4.69, 9.17) is 10.7 Å². The third-order valence-electron chi connectivity index (χ3n) is 1.51. The Hall–Kier alpha value is -0.650. The summed E-state index contributed by atoms with van der Waals surface area (Å²) in [4.78, 5) is 4.69. The van der Waals surface area contributed by atoms with Crippen LogP contribution in [-0.4, -0.2) is 13.4 Å². The quantitative estimate of drug-likeness (QED) is 0.710. The van der Waals surface area contributed by atoms with Crippen LogP contribution in [0.2, 0.25) is 0 Å². The van der Waals surface area contributed by atoms with Gasteiger partial charge in [-0.3, -0.25) is 0 Å². The van der Waals surface area contributed by atoms with E-state index >= 15 is 0 Å². The zero-order valence-electron chi connectivity index (χ0n) is 6.27. The van der Waals surface area contributed by atoms with Gasteiger partial charge in [0.05, 0.1) is 0 Å². The number of thiophene rings is 1. The van der Waals surface area contributed by atoms with Crippen molar-refractivity contribution in [2.75, 3.05) is 0 Å². The van der Waals surface area contributed by atoms with Crippen LogP contribution in [0.15, 0.2) is 28.6 Å². The van der Waals surface area contributed by atoms with Crippen molar-refractivity contribution in [3.63, 3.8) is 0 Å². The third-order valence-corrected chi connectivity index (χ3v) is 4.64. The summed E-state index contributed by atoms with van der Waals surface area (Å²) < 4.78 is 22.0. The minimum absolute atomic E-state index is 0.142. The van der Waals surface area contributed by atoms with Crippen LogP contribution >= 0.6 is 22.0 Å². The molecule has 2 rings (SSSR count). The highest BCUT2D eigenvalue weighted by molar-refractivity contribution is 8.15. The van der Waals surface area contributed by atoms with Crippen molar-refractivity contribution in [3.05, 3.63) is 24.4 Å². The third kappa shape index (κ3) is 1.67. The van der Waals surface area contributed by atoms with Crippen LogP contribution in [0.1, 0.15) is 0 Å². The second kappa shape index (κ2) is 2.94. The maximum absolute atomic E-state index is 11.0. The van der Waals surface area contributed by atoms with Gasteiger partial charge in [-0.05, 0) is 12.1 Å². The van der Waals surface area contributed by atoms with Crippen LogP contribution in [0.3, 0.4) is 0 Å². The summed E-state index contributed by atoms with van der Waals surface area (Å²) in [5.41, 5.74) is 0. The summed E-state index contributed by atoms with van der Waals surface area (Å²) in [6.45, 7) is 0. The fourth-order valence-electron chi connectivity index (χ4n) is 0.970. The maximum atomic E-state index is 11.0. The lowest BCUT2D eigenvalue weighted by Gasteiger charge is -1.83. The van der Waals surface area contributed by atoms with Gasteiger partial charge in [-0.15, -0.1) is 11.3 Å². The first-order valence-corrected chi connectivity index (χ1v) is 6.49. The standard InChI is InChI=1S/C7H4ClNO2S2/c8-13(10,11)6-4-5-2-1-3-9-7(5)12-6/h1-4H. The van der Waals surface area contributed by atoms with Gasteiger partial charge in [0.25, 0.3) is 9.05 Å². The molecular formula is C7H4ClNO2S2. The number of nitrogens with zero attached hydrogens (tertiary/aromatic N) is 1. The fourth-order valence-corrected chi connectivity index (χ4v) is 3.02. The van der Waals surface area contributed by atoms with E-state index in [1.54, 1.807) is 18.3 Å². The largest absolute Gasteiger partial charge is 0.270 e. The molecule has 0 aliphatic heterocycles. The molecule has 0 aromatic carbocycles. The zero-order valence-corrected chi connectivity index (χ0v) is 8.66. The highest BCUT2D eigenvalue weighted by atomic mass is 35.7. The van der Waals surface area contributed by atoms with Gasteiger partial charge >= 0.3 is 0 Å². The van der Waals surface area contributed by atoms with Crippen LogP contribution in [0.25, 0.3) is 10.2 Å². The summed E-state index contributed by atoms with van der Waals surface area (Å²) in [6, 6.07) is 5.07. The van der Waals surface area contributed by atoms with E-state index in [9.17, 15) is 8.42 Å². The van der Waals surface area contributed by atoms with Gasteiger partial charge in [0.1, 0.15) is 9.04 Å². The van der Waals surface area contributed by atoms with Gasteiger partial charge in [0, 0.05) is 22.3 Å².